The largest absolute Gasteiger partial charge is 0.481 e. The summed E-state index contributed by atoms with van der Waals surface area (Å²) in [6.45, 7) is 3.58. The van der Waals surface area contributed by atoms with E-state index in [1.165, 1.54) is 4.70 Å². The number of unbranched alkanes of at least 4 members (excludes halogenated alkanes) is 1. The molecule has 0 atom stereocenters. The molecular weight excluding hydrogens is 290 g/mol. The highest BCUT2D eigenvalue weighted by Crippen LogP contribution is 2.30. The van der Waals surface area contributed by atoms with E-state index in [1.54, 1.807) is 36.9 Å². The first-order chi connectivity index (χ1) is 9.49. The molecule has 0 spiro atoms. The lowest BCUT2D eigenvalue weighted by Crippen LogP contribution is -2.23. The van der Waals surface area contributed by atoms with Crippen LogP contribution in [0.1, 0.15) is 33.1 Å². The van der Waals surface area contributed by atoms with Gasteiger partial charge in [0.2, 0.25) is 0 Å². The standard InChI is InChI=1S/C15H19NO2S2/c1-15(2,13(17)18)9-5-6-10-19-14-16-11-7-3-4-8-12(11)20-14/h3-4,7-8H,5-6,9-10H2,1-2H3,(H,17,18). The molecule has 0 bridgehead atoms. The van der Waals surface area contributed by atoms with Gasteiger partial charge in [0.1, 0.15) is 0 Å². The Hall–Kier alpha value is -1.07. The zero-order valence-electron chi connectivity index (χ0n) is 11.8. The van der Waals surface area contributed by atoms with Crippen LogP contribution in [0.25, 0.3) is 10.2 Å². The van der Waals surface area contributed by atoms with Crippen molar-refractivity contribution in [2.75, 3.05) is 5.75 Å². The molecule has 0 aliphatic carbocycles. The van der Waals surface area contributed by atoms with E-state index >= 15 is 0 Å². The maximum atomic E-state index is 11.0. The first-order valence-corrected chi connectivity index (χ1v) is 8.51. The number of aliphatic carboxylic acids is 1. The molecule has 5 heteroatoms. The number of carboxylic acids is 1. The first-order valence-electron chi connectivity index (χ1n) is 6.71. The van der Waals surface area contributed by atoms with Crippen molar-refractivity contribution in [3.63, 3.8) is 0 Å². The van der Waals surface area contributed by atoms with Crippen LogP contribution in [0, 0.1) is 5.41 Å². The number of para-hydroxylation sites is 1. The Kier molecular flexibility index (Phi) is 5.05. The summed E-state index contributed by atoms with van der Waals surface area (Å²) in [4.78, 5) is 15.6. The number of thiazole rings is 1. The summed E-state index contributed by atoms with van der Waals surface area (Å²) in [5, 5.41) is 9.04. The predicted octanol–water partition coefficient (Wildman–Crippen LogP) is 4.67. The molecule has 1 aromatic carbocycles. The van der Waals surface area contributed by atoms with Crippen molar-refractivity contribution in [3.8, 4) is 0 Å². The van der Waals surface area contributed by atoms with Crippen molar-refractivity contribution >= 4 is 39.3 Å². The third-order valence-corrected chi connectivity index (χ3v) is 5.54. The molecule has 0 radical (unpaired) electrons. The van der Waals surface area contributed by atoms with Crippen LogP contribution in [0.3, 0.4) is 0 Å². The number of thioether (sulfide) groups is 1. The summed E-state index contributed by atoms with van der Waals surface area (Å²) >= 11 is 3.49. The number of carboxylic acid groups (broad SMARTS) is 1. The topological polar surface area (TPSA) is 50.2 Å². The number of hydrogen-bond donors (Lipinski definition) is 1. The molecule has 2 rings (SSSR count). The van der Waals surface area contributed by atoms with Crippen molar-refractivity contribution in [3.05, 3.63) is 24.3 Å². The highest BCUT2D eigenvalue weighted by Gasteiger charge is 2.25. The summed E-state index contributed by atoms with van der Waals surface area (Å²) in [5.74, 6) is 0.284. The van der Waals surface area contributed by atoms with Crippen LogP contribution in [0.2, 0.25) is 0 Å². The van der Waals surface area contributed by atoms with Gasteiger partial charge in [0, 0.05) is 5.75 Å². The van der Waals surface area contributed by atoms with Gasteiger partial charge in [-0.25, -0.2) is 4.98 Å². The van der Waals surface area contributed by atoms with Crippen molar-refractivity contribution in [1.29, 1.82) is 0 Å². The molecule has 0 unspecified atom stereocenters. The van der Waals surface area contributed by atoms with Crippen LogP contribution in [0.5, 0.6) is 0 Å². The summed E-state index contributed by atoms with van der Waals surface area (Å²) in [6, 6.07) is 8.16. The second-order valence-corrected chi connectivity index (χ2v) is 7.81. The van der Waals surface area contributed by atoms with E-state index in [1.807, 2.05) is 18.2 Å². The fraction of sp³-hybridized carbons (Fsp3) is 0.467. The van der Waals surface area contributed by atoms with Gasteiger partial charge in [-0.3, -0.25) is 4.79 Å². The van der Waals surface area contributed by atoms with Crippen molar-refractivity contribution in [2.24, 2.45) is 5.41 Å². The highest BCUT2D eigenvalue weighted by atomic mass is 32.2. The number of rotatable bonds is 7. The van der Waals surface area contributed by atoms with E-state index in [2.05, 4.69) is 11.1 Å². The van der Waals surface area contributed by atoms with Gasteiger partial charge in [0.15, 0.2) is 4.34 Å². The maximum absolute atomic E-state index is 11.0. The number of fused-ring (bicyclic) bond motifs is 1. The number of hydrogen-bond acceptors (Lipinski definition) is 4. The van der Waals surface area contributed by atoms with Crippen molar-refractivity contribution in [1.82, 2.24) is 4.98 Å². The monoisotopic (exact) mass is 309 g/mol. The Morgan fingerprint density at radius 1 is 1.35 bits per heavy atom. The van der Waals surface area contributed by atoms with Gasteiger partial charge in [-0.2, -0.15) is 0 Å². The van der Waals surface area contributed by atoms with Gasteiger partial charge in [-0.1, -0.05) is 30.3 Å². The molecule has 0 aliphatic heterocycles. The van der Waals surface area contributed by atoms with Gasteiger partial charge in [-0.15, -0.1) is 11.3 Å². The molecule has 0 fully saturated rings. The SMILES string of the molecule is CC(C)(CCCCSc1nc2ccccc2s1)C(=O)O. The lowest BCUT2D eigenvalue weighted by molar-refractivity contribution is -0.147. The van der Waals surface area contributed by atoms with Crippen LogP contribution in [-0.4, -0.2) is 21.8 Å². The van der Waals surface area contributed by atoms with E-state index in [9.17, 15) is 4.79 Å². The summed E-state index contributed by atoms with van der Waals surface area (Å²) < 4.78 is 2.32. The minimum Gasteiger partial charge on any atom is -0.481 e. The molecule has 1 N–H and O–H groups in total. The zero-order chi connectivity index (χ0) is 14.6. The van der Waals surface area contributed by atoms with Crippen molar-refractivity contribution < 1.29 is 9.90 Å². The second kappa shape index (κ2) is 6.59. The molecule has 3 nitrogen and oxygen atoms in total. The molecule has 2 aromatic rings. The molecule has 1 aromatic heterocycles. The van der Waals surface area contributed by atoms with E-state index < -0.39 is 11.4 Å². The fourth-order valence-electron chi connectivity index (χ4n) is 1.85. The van der Waals surface area contributed by atoms with Crippen LogP contribution >= 0.6 is 23.1 Å². The number of carbonyl (C=O) groups is 1. The minimum absolute atomic E-state index is 0.611. The van der Waals surface area contributed by atoms with Crippen LogP contribution in [-0.2, 0) is 4.79 Å². The van der Waals surface area contributed by atoms with Crippen LogP contribution < -0.4 is 0 Å². The Balaban J connectivity index is 1.75. The summed E-state index contributed by atoms with van der Waals surface area (Å²) in [7, 11) is 0. The summed E-state index contributed by atoms with van der Waals surface area (Å²) in [6.07, 6.45) is 2.69. The third-order valence-electron chi connectivity index (χ3n) is 3.27. The third kappa shape index (κ3) is 3.96. The fourth-order valence-corrected chi connectivity index (χ4v) is 3.99. The normalized spacial score (nSPS) is 11.9. The summed E-state index contributed by atoms with van der Waals surface area (Å²) in [5.41, 5.74) is 0.451. The van der Waals surface area contributed by atoms with E-state index in [0.717, 1.165) is 34.9 Å². The molecule has 0 saturated carbocycles. The molecule has 0 saturated heterocycles. The quantitative estimate of drug-likeness (QED) is 0.596. The Labute approximate surface area is 127 Å². The molecule has 0 amide bonds. The zero-order valence-corrected chi connectivity index (χ0v) is 13.4. The van der Waals surface area contributed by atoms with Gasteiger partial charge >= 0.3 is 5.97 Å². The number of aromatic nitrogens is 1. The molecule has 0 aliphatic rings. The van der Waals surface area contributed by atoms with E-state index in [-0.39, 0.29) is 0 Å². The van der Waals surface area contributed by atoms with Gasteiger partial charge < -0.3 is 5.11 Å². The minimum atomic E-state index is -0.712. The lowest BCUT2D eigenvalue weighted by Gasteiger charge is -2.18. The molecule has 108 valence electrons. The molecule has 1 heterocycles. The van der Waals surface area contributed by atoms with Crippen LogP contribution in [0.4, 0.5) is 0 Å². The molecule has 20 heavy (non-hydrogen) atoms. The first kappa shape index (κ1) is 15.3. The Morgan fingerprint density at radius 2 is 2.10 bits per heavy atom. The maximum Gasteiger partial charge on any atom is 0.309 e. The lowest BCUT2D eigenvalue weighted by atomic mass is 9.88. The van der Waals surface area contributed by atoms with Crippen LogP contribution in [0.15, 0.2) is 28.6 Å². The average Bonchev–Trinajstić information content (AvgIpc) is 2.80. The highest BCUT2D eigenvalue weighted by molar-refractivity contribution is 8.01. The second-order valence-electron chi connectivity index (χ2n) is 5.44. The number of nitrogens with zero attached hydrogens (tertiary/aromatic N) is 1. The van der Waals surface area contributed by atoms with Gasteiger partial charge in [0.25, 0.3) is 0 Å². The van der Waals surface area contributed by atoms with Crippen molar-refractivity contribution in [2.45, 2.75) is 37.4 Å². The van der Waals surface area contributed by atoms with E-state index in [4.69, 9.17) is 5.11 Å². The van der Waals surface area contributed by atoms with Gasteiger partial charge in [0.05, 0.1) is 15.6 Å². The smallest absolute Gasteiger partial charge is 0.309 e. The van der Waals surface area contributed by atoms with Gasteiger partial charge in [-0.05, 0) is 38.8 Å². The molecular formula is C15H19NO2S2. The Bertz CT molecular complexity index is 559. The average molecular weight is 309 g/mol. The Morgan fingerprint density at radius 3 is 2.80 bits per heavy atom. The predicted molar refractivity (Wildman–Crippen MR) is 85.6 cm³/mol. The van der Waals surface area contributed by atoms with E-state index in [0.29, 0.717) is 0 Å². The number of benzene rings is 1.